The molecule has 0 nitrogen and oxygen atoms in total. The Kier molecular flexibility index (Phi) is 4.51. The molecule has 0 aliphatic carbocycles. The number of thiophene rings is 4. The Labute approximate surface area is 219 Å². The van der Waals surface area contributed by atoms with Crippen molar-refractivity contribution in [3.8, 4) is 18.6 Å². The Bertz CT molecular complexity index is 1910. The van der Waals surface area contributed by atoms with Crippen molar-refractivity contribution in [2.45, 2.75) is 0 Å². The summed E-state index contributed by atoms with van der Waals surface area (Å²) < 4.78 is 37.7. The van der Waals surface area contributed by atoms with E-state index in [1.165, 1.54) is 49.7 Å². The quantitative estimate of drug-likeness (QED) is 0.164. The van der Waals surface area contributed by atoms with Gasteiger partial charge in [-0.2, -0.15) is 0 Å². The second kappa shape index (κ2) is 7.45. The molecule has 6 heterocycles. The van der Waals surface area contributed by atoms with E-state index in [2.05, 4.69) is 36.4 Å². The Morgan fingerprint density at radius 1 is 0.529 bits per heavy atom. The zero-order valence-electron chi connectivity index (χ0n) is 17.0. The third-order valence-corrected chi connectivity index (χ3v) is 15.2. The minimum absolute atomic E-state index is 0.0762. The summed E-state index contributed by atoms with van der Waals surface area (Å²) in [6, 6.07) is 16.7. The van der Waals surface area contributed by atoms with E-state index in [-0.39, 0.29) is 40.6 Å². The van der Waals surface area contributed by atoms with Gasteiger partial charge < -0.3 is 0 Å². The molecule has 0 fully saturated rings. The van der Waals surface area contributed by atoms with E-state index in [1.54, 1.807) is 34.8 Å². The first kappa shape index (κ1) is 20.6. The van der Waals surface area contributed by atoms with E-state index in [9.17, 15) is 8.78 Å². The Morgan fingerprint density at radius 3 is 1.41 bits per heavy atom. The molecule has 0 bridgehead atoms. The van der Waals surface area contributed by atoms with Crippen LogP contribution in [0.4, 0.5) is 8.78 Å². The van der Waals surface area contributed by atoms with Gasteiger partial charge in [0, 0.05) is 0 Å². The number of hydrogen-bond acceptors (Lipinski definition) is 4. The zero-order valence-corrected chi connectivity index (χ0v) is 23.7. The average Bonchev–Trinajstić information content (AvgIpc) is 3.63. The van der Waals surface area contributed by atoms with E-state index < -0.39 is 0 Å². The molecule has 0 aliphatic rings. The molecule has 0 atom stereocenters. The first-order valence-electron chi connectivity index (χ1n) is 10.3. The SMILES string of the molecule is Fc1cc[se]c1-c1cc2cc3c(cc2s1)sc1c2cc4cc(-c5[se]ccc5F)sc4cc2sc31. The standard InChI is InChI=1S/C26H10F2S4Se2/c27-15-1-3-33-25(15)21-7-11-5-13-19(9-17(11)29-21)31-24-14-6-12-8-22(26-16(28)2-4-34-26)30-18(12)10-20(14)32-23(13)24/h1-10H. The maximum absolute atomic E-state index is 14.2. The number of halogens is 2. The van der Waals surface area contributed by atoms with Crippen LogP contribution in [0.1, 0.15) is 0 Å². The van der Waals surface area contributed by atoms with Crippen molar-refractivity contribution in [2.24, 2.45) is 0 Å². The van der Waals surface area contributed by atoms with E-state index in [1.807, 2.05) is 32.6 Å². The first-order chi connectivity index (χ1) is 16.6. The van der Waals surface area contributed by atoms with Crippen LogP contribution in [-0.2, 0) is 0 Å². The predicted octanol–water partition coefficient (Wildman–Crippen LogP) is 9.42. The molecule has 8 rings (SSSR count). The summed E-state index contributed by atoms with van der Waals surface area (Å²) in [7, 11) is 0. The number of hydrogen-bond donors (Lipinski definition) is 0. The topological polar surface area (TPSA) is 0 Å². The summed E-state index contributed by atoms with van der Waals surface area (Å²) in [6.45, 7) is 0. The van der Waals surface area contributed by atoms with E-state index in [0.717, 1.165) is 18.6 Å². The summed E-state index contributed by atoms with van der Waals surface area (Å²) >= 11 is 7.26. The van der Waals surface area contributed by atoms with Gasteiger partial charge in [0.2, 0.25) is 0 Å². The predicted molar refractivity (Wildman–Crippen MR) is 150 cm³/mol. The van der Waals surface area contributed by atoms with Crippen LogP contribution in [-0.4, -0.2) is 29.0 Å². The van der Waals surface area contributed by atoms with Crippen LogP contribution in [0.3, 0.4) is 0 Å². The molecule has 0 spiro atoms. The van der Waals surface area contributed by atoms with E-state index >= 15 is 0 Å². The monoisotopic (exact) mass is 648 g/mol. The molecule has 2 aromatic carbocycles. The molecule has 0 saturated carbocycles. The molecule has 0 N–H and O–H groups in total. The average molecular weight is 647 g/mol. The van der Waals surface area contributed by atoms with Crippen LogP contribution in [0, 0.1) is 11.6 Å². The molecule has 6 aromatic heterocycles. The van der Waals surface area contributed by atoms with Crippen molar-refractivity contribution in [1.82, 2.24) is 0 Å². The van der Waals surface area contributed by atoms with Crippen molar-refractivity contribution >= 4 is 124 Å². The van der Waals surface area contributed by atoms with Gasteiger partial charge in [-0.1, -0.05) is 0 Å². The van der Waals surface area contributed by atoms with Crippen LogP contribution in [0.2, 0.25) is 0 Å². The molecule has 0 saturated heterocycles. The Balaban J connectivity index is 1.33. The van der Waals surface area contributed by atoms with Crippen LogP contribution >= 0.6 is 45.3 Å². The maximum atomic E-state index is 14.2. The van der Waals surface area contributed by atoms with Gasteiger partial charge in [0.1, 0.15) is 0 Å². The van der Waals surface area contributed by atoms with Crippen molar-refractivity contribution in [2.75, 3.05) is 0 Å². The summed E-state index contributed by atoms with van der Waals surface area (Å²) in [4.78, 5) is 6.02. The third kappa shape index (κ3) is 2.95. The van der Waals surface area contributed by atoms with Crippen molar-refractivity contribution in [1.29, 1.82) is 0 Å². The van der Waals surface area contributed by atoms with Gasteiger partial charge in [0.25, 0.3) is 0 Å². The normalized spacial score (nSPS) is 12.4. The molecular weight excluding hydrogens is 636 g/mol. The molecule has 164 valence electrons. The molecule has 8 heteroatoms. The van der Waals surface area contributed by atoms with Gasteiger partial charge >= 0.3 is 222 Å². The molecule has 0 amide bonds. The summed E-state index contributed by atoms with van der Waals surface area (Å²) in [5.74, 6) is -0.152. The van der Waals surface area contributed by atoms with Crippen molar-refractivity contribution in [3.63, 3.8) is 0 Å². The molecule has 34 heavy (non-hydrogen) atoms. The first-order valence-corrected chi connectivity index (χ1v) is 17.3. The Hall–Kier alpha value is -1.60. The van der Waals surface area contributed by atoms with Crippen LogP contribution in [0.5, 0.6) is 0 Å². The summed E-state index contributed by atoms with van der Waals surface area (Å²) in [6.07, 6.45) is 0. The molecule has 0 aliphatic heterocycles. The Morgan fingerprint density at radius 2 is 1.00 bits per heavy atom. The fourth-order valence-corrected chi connectivity index (χ4v) is 13.2. The van der Waals surface area contributed by atoms with Crippen LogP contribution in [0.15, 0.2) is 58.4 Å². The second-order valence-corrected chi connectivity index (χ2v) is 16.2. The van der Waals surface area contributed by atoms with Crippen molar-refractivity contribution in [3.05, 3.63) is 70.0 Å². The van der Waals surface area contributed by atoms with Crippen LogP contribution < -0.4 is 0 Å². The molecule has 0 unspecified atom stereocenters. The fourth-order valence-electron chi connectivity index (χ4n) is 4.49. The van der Waals surface area contributed by atoms with Crippen molar-refractivity contribution < 1.29 is 8.78 Å². The van der Waals surface area contributed by atoms with Gasteiger partial charge in [0.15, 0.2) is 0 Å². The fraction of sp³-hybridized carbons (Fsp3) is 0. The van der Waals surface area contributed by atoms with Gasteiger partial charge in [-0.05, 0) is 0 Å². The zero-order chi connectivity index (χ0) is 22.6. The van der Waals surface area contributed by atoms with Gasteiger partial charge in [0.05, 0.1) is 0 Å². The van der Waals surface area contributed by atoms with E-state index in [4.69, 9.17) is 0 Å². The molecule has 8 aromatic rings. The number of fused-ring (bicyclic) bond motifs is 7. The second-order valence-electron chi connectivity index (χ2n) is 8.05. The third-order valence-electron chi connectivity index (χ3n) is 6.04. The van der Waals surface area contributed by atoms with Gasteiger partial charge in [-0.3, -0.25) is 0 Å². The molecular formula is C26H10F2S4Se2. The summed E-state index contributed by atoms with van der Waals surface area (Å²) in [5, 5.41) is 4.97. The van der Waals surface area contributed by atoms with Gasteiger partial charge in [-0.15, -0.1) is 0 Å². The van der Waals surface area contributed by atoms with Crippen LogP contribution in [0.25, 0.3) is 68.4 Å². The van der Waals surface area contributed by atoms with E-state index in [0.29, 0.717) is 0 Å². The number of benzene rings is 2. The van der Waals surface area contributed by atoms with Gasteiger partial charge in [-0.25, -0.2) is 0 Å². The molecule has 0 radical (unpaired) electrons. The number of rotatable bonds is 2. The summed E-state index contributed by atoms with van der Waals surface area (Å²) in [5.41, 5.74) is 0. The minimum atomic E-state index is -0.0762.